The maximum absolute atomic E-state index is 6.69. The zero-order valence-electron chi connectivity index (χ0n) is 14.8. The Kier molecular flexibility index (Phi) is 8.31. The molecule has 2 saturated carbocycles. The van der Waals surface area contributed by atoms with Crippen molar-refractivity contribution in [3.05, 3.63) is 0 Å². The first kappa shape index (κ1) is 20.8. The Balaban J connectivity index is 1.57. The summed E-state index contributed by atoms with van der Waals surface area (Å²) >= 11 is 25.8. The third-order valence-corrected chi connectivity index (χ3v) is 7.91. The van der Waals surface area contributed by atoms with Crippen molar-refractivity contribution in [1.82, 2.24) is 4.90 Å². The van der Waals surface area contributed by atoms with Gasteiger partial charge in [-0.3, -0.25) is 0 Å². The molecule has 1 saturated heterocycles. The maximum Gasteiger partial charge on any atom is 0.132 e. The molecule has 2 N–H and O–H groups in total. The molecule has 0 aromatic heterocycles. The van der Waals surface area contributed by atoms with Crippen LogP contribution in [0, 0.1) is 11.8 Å². The zero-order valence-corrected chi connectivity index (χ0v) is 17.8. The molecular formula is C18H31Cl4N2O+. The van der Waals surface area contributed by atoms with Gasteiger partial charge in [0.2, 0.25) is 0 Å². The van der Waals surface area contributed by atoms with E-state index in [1.807, 2.05) is 0 Å². The number of alkyl halides is 4. The van der Waals surface area contributed by atoms with Crippen LogP contribution in [0.3, 0.4) is 0 Å². The summed E-state index contributed by atoms with van der Waals surface area (Å²) in [7, 11) is 0. The van der Waals surface area contributed by atoms with E-state index in [0.29, 0.717) is 11.8 Å². The summed E-state index contributed by atoms with van der Waals surface area (Å²) in [5.74, 6) is 0.790. The summed E-state index contributed by atoms with van der Waals surface area (Å²) in [4.78, 5) is 2.48. The average molecular weight is 433 g/mol. The Labute approximate surface area is 172 Å². The first-order valence-electron chi connectivity index (χ1n) is 9.74. The molecule has 3 fully saturated rings. The fourth-order valence-corrected chi connectivity index (χ4v) is 6.18. The monoisotopic (exact) mass is 431 g/mol. The first-order chi connectivity index (χ1) is 12.0. The molecule has 25 heavy (non-hydrogen) atoms. The number of nitrogens with zero attached hydrogens (tertiary/aromatic N) is 1. The van der Waals surface area contributed by atoms with E-state index in [2.05, 4.69) is 10.2 Å². The van der Waals surface area contributed by atoms with E-state index in [1.54, 1.807) is 0 Å². The molecule has 0 amide bonds. The molecule has 0 spiro atoms. The smallest absolute Gasteiger partial charge is 0.132 e. The van der Waals surface area contributed by atoms with E-state index < -0.39 is 0 Å². The minimum absolute atomic E-state index is 0.109. The number of rotatable bonds is 6. The van der Waals surface area contributed by atoms with E-state index in [9.17, 15) is 0 Å². The van der Waals surface area contributed by atoms with Crippen molar-refractivity contribution >= 4 is 46.4 Å². The average Bonchev–Trinajstić information content (AvgIpc) is 3.06. The fourth-order valence-electron chi connectivity index (χ4n) is 4.45. The Morgan fingerprint density at radius 3 is 2.32 bits per heavy atom. The summed E-state index contributed by atoms with van der Waals surface area (Å²) < 4.78 is 6.48. The van der Waals surface area contributed by atoms with Gasteiger partial charge in [-0.1, -0.05) is 0 Å². The van der Waals surface area contributed by atoms with Crippen molar-refractivity contribution in [3.63, 3.8) is 0 Å². The predicted molar refractivity (Wildman–Crippen MR) is 106 cm³/mol. The molecule has 0 aromatic rings. The molecule has 0 bridgehead atoms. The van der Waals surface area contributed by atoms with Gasteiger partial charge < -0.3 is 10.1 Å². The van der Waals surface area contributed by atoms with Crippen molar-refractivity contribution in [1.29, 1.82) is 0 Å². The van der Waals surface area contributed by atoms with E-state index in [-0.39, 0.29) is 27.6 Å². The van der Waals surface area contributed by atoms with Crippen molar-refractivity contribution < 1.29 is 10.1 Å². The van der Waals surface area contributed by atoms with Gasteiger partial charge in [-0.15, -0.1) is 46.4 Å². The molecule has 146 valence electrons. The molecule has 2 aliphatic carbocycles. The molecule has 7 atom stereocenters. The quantitative estimate of drug-likeness (QED) is 0.652. The lowest BCUT2D eigenvalue weighted by atomic mass is 9.83. The Hall–Kier alpha value is 1.04. The van der Waals surface area contributed by atoms with Gasteiger partial charge in [0.25, 0.3) is 0 Å². The van der Waals surface area contributed by atoms with Gasteiger partial charge >= 0.3 is 0 Å². The van der Waals surface area contributed by atoms with Gasteiger partial charge in [0.05, 0.1) is 25.8 Å². The van der Waals surface area contributed by atoms with Gasteiger partial charge in [0.15, 0.2) is 0 Å². The van der Waals surface area contributed by atoms with Crippen LogP contribution in [0.1, 0.15) is 38.5 Å². The van der Waals surface area contributed by atoms with Crippen LogP contribution in [0.5, 0.6) is 0 Å². The lowest BCUT2D eigenvalue weighted by Gasteiger charge is -2.38. The van der Waals surface area contributed by atoms with Crippen molar-refractivity contribution in [3.8, 4) is 0 Å². The second-order valence-electron chi connectivity index (χ2n) is 7.99. The van der Waals surface area contributed by atoms with Gasteiger partial charge in [-0.25, -0.2) is 4.90 Å². The van der Waals surface area contributed by atoms with Crippen LogP contribution >= 0.6 is 46.4 Å². The molecule has 1 aliphatic heterocycles. The highest BCUT2D eigenvalue weighted by atomic mass is 35.5. The Morgan fingerprint density at radius 2 is 1.68 bits per heavy atom. The normalized spacial score (nSPS) is 41.8. The van der Waals surface area contributed by atoms with E-state index in [4.69, 9.17) is 51.1 Å². The van der Waals surface area contributed by atoms with Crippen LogP contribution in [0.4, 0.5) is 0 Å². The van der Waals surface area contributed by atoms with Gasteiger partial charge in [-0.2, -0.15) is 0 Å². The Morgan fingerprint density at radius 1 is 0.960 bits per heavy atom. The highest BCUT2D eigenvalue weighted by molar-refractivity contribution is 6.24. The lowest BCUT2D eigenvalue weighted by molar-refractivity contribution is -0.643. The van der Waals surface area contributed by atoms with Crippen molar-refractivity contribution in [2.24, 2.45) is 11.8 Å². The first-order valence-corrected chi connectivity index (χ1v) is 11.5. The number of quaternary nitrogens is 1. The number of halogens is 4. The third kappa shape index (κ3) is 6.01. The molecule has 7 heteroatoms. The van der Waals surface area contributed by atoms with Crippen molar-refractivity contribution in [2.75, 3.05) is 32.9 Å². The topological polar surface area (TPSA) is 29.1 Å². The standard InChI is InChI=1S/C18H30Cl4N2O/c19-13-2-1-12(16(21)7-13)10-25-18(9-24-6-5-23-11-24)15-4-3-14(20)8-17(15)22/h12-18,23H,1-11H2/p+1/t12?,13?,14?,15?,16?,17?,18-/m0/s1. The van der Waals surface area contributed by atoms with Gasteiger partial charge in [0.1, 0.15) is 6.67 Å². The second kappa shape index (κ2) is 10.0. The van der Waals surface area contributed by atoms with Crippen LogP contribution in [0.25, 0.3) is 0 Å². The summed E-state index contributed by atoms with van der Waals surface area (Å²) in [6, 6.07) is 0. The van der Waals surface area contributed by atoms with Crippen LogP contribution in [0.2, 0.25) is 0 Å². The number of hydrogen-bond acceptors (Lipinski definition) is 2. The largest absolute Gasteiger partial charge is 0.376 e. The molecule has 1 heterocycles. The molecule has 3 nitrogen and oxygen atoms in total. The molecule has 0 radical (unpaired) electrons. The third-order valence-electron chi connectivity index (χ3n) is 6.08. The molecular weight excluding hydrogens is 402 g/mol. The van der Waals surface area contributed by atoms with Crippen LogP contribution in [0.15, 0.2) is 0 Å². The van der Waals surface area contributed by atoms with Gasteiger partial charge in [-0.05, 0) is 44.4 Å². The number of nitrogens with two attached hydrogens (primary N) is 1. The molecule has 0 aromatic carbocycles. The highest BCUT2D eigenvalue weighted by Gasteiger charge is 2.37. The second-order valence-corrected chi connectivity index (χ2v) is 10.3. The van der Waals surface area contributed by atoms with Crippen molar-refractivity contribution in [2.45, 2.75) is 66.1 Å². The minimum atomic E-state index is 0.109. The van der Waals surface area contributed by atoms with E-state index in [0.717, 1.165) is 64.9 Å². The lowest BCUT2D eigenvalue weighted by Crippen LogP contribution is -2.82. The van der Waals surface area contributed by atoms with E-state index >= 15 is 0 Å². The summed E-state index contributed by atoms with van der Waals surface area (Å²) in [5, 5.41) is 3.02. The maximum atomic E-state index is 6.69. The molecule has 3 aliphatic rings. The number of hydrogen-bond donors (Lipinski definition) is 1. The molecule has 6 unspecified atom stereocenters. The van der Waals surface area contributed by atoms with E-state index in [1.165, 1.54) is 6.54 Å². The predicted octanol–water partition coefficient (Wildman–Crippen LogP) is 3.24. The zero-order chi connectivity index (χ0) is 17.8. The van der Waals surface area contributed by atoms with Gasteiger partial charge in [0, 0.05) is 34.0 Å². The number of ether oxygens (including phenoxy) is 1. The van der Waals surface area contributed by atoms with Crippen LogP contribution in [-0.2, 0) is 4.74 Å². The summed E-state index contributed by atoms with van der Waals surface area (Å²) in [6.07, 6.45) is 6.15. The minimum Gasteiger partial charge on any atom is -0.376 e. The highest BCUT2D eigenvalue weighted by Crippen LogP contribution is 2.37. The summed E-state index contributed by atoms with van der Waals surface area (Å²) in [6.45, 7) is 5.06. The van der Waals surface area contributed by atoms with Crippen LogP contribution < -0.4 is 5.32 Å². The fraction of sp³-hybridized carbons (Fsp3) is 1.00. The molecule has 3 rings (SSSR count). The van der Waals surface area contributed by atoms with Crippen LogP contribution in [-0.4, -0.2) is 65.4 Å². The summed E-state index contributed by atoms with van der Waals surface area (Å²) in [5.41, 5.74) is 0. The Bertz CT molecular complexity index is 411. The SMILES string of the molecule is ClC1CCC(CO[C@@H](CN2CC[NH2+]C2)C2CCC(Cl)CC2Cl)C(Cl)C1.